The van der Waals surface area contributed by atoms with Crippen molar-refractivity contribution in [2.45, 2.75) is 13.5 Å². The second-order valence-corrected chi connectivity index (χ2v) is 3.95. The second kappa shape index (κ2) is 5.27. The van der Waals surface area contributed by atoms with Gasteiger partial charge in [0.15, 0.2) is 0 Å². The molecule has 0 saturated heterocycles. The van der Waals surface area contributed by atoms with Gasteiger partial charge in [0, 0.05) is 37.0 Å². The molecule has 0 saturated carbocycles. The Labute approximate surface area is 105 Å². The Bertz CT molecular complexity index is 568. The van der Waals surface area contributed by atoms with Crippen LogP contribution in [0, 0.1) is 6.92 Å². The highest BCUT2D eigenvalue weighted by molar-refractivity contribution is 5.98. The molecule has 2 aromatic heterocycles. The van der Waals surface area contributed by atoms with E-state index in [-0.39, 0.29) is 5.91 Å². The van der Waals surface area contributed by atoms with E-state index in [1.54, 1.807) is 24.7 Å². The summed E-state index contributed by atoms with van der Waals surface area (Å²) in [7, 11) is 0. The zero-order valence-corrected chi connectivity index (χ0v) is 10.1. The molecule has 2 rings (SSSR count). The van der Waals surface area contributed by atoms with Crippen LogP contribution in [0.5, 0.6) is 0 Å². The number of carbonyl (C=O) groups excluding carboxylic acids is 1. The van der Waals surface area contributed by atoms with Crippen LogP contribution >= 0.6 is 0 Å². The van der Waals surface area contributed by atoms with E-state index in [2.05, 4.69) is 15.3 Å². The maximum Gasteiger partial charge on any atom is 0.255 e. The quantitative estimate of drug-likeness (QED) is 0.850. The number of aromatic nitrogens is 2. The number of nitrogen functional groups attached to an aromatic ring is 1. The van der Waals surface area contributed by atoms with Gasteiger partial charge in [-0.15, -0.1) is 0 Å². The van der Waals surface area contributed by atoms with Crippen molar-refractivity contribution in [3.05, 3.63) is 53.6 Å². The molecule has 5 nitrogen and oxygen atoms in total. The number of nitrogens with two attached hydrogens (primary N) is 1. The van der Waals surface area contributed by atoms with Crippen molar-refractivity contribution in [3.63, 3.8) is 0 Å². The number of carbonyl (C=O) groups is 1. The van der Waals surface area contributed by atoms with Gasteiger partial charge >= 0.3 is 0 Å². The third-order valence-corrected chi connectivity index (χ3v) is 2.68. The number of hydrogen-bond acceptors (Lipinski definition) is 4. The lowest BCUT2D eigenvalue weighted by Crippen LogP contribution is -2.24. The van der Waals surface area contributed by atoms with Crippen LogP contribution in [-0.2, 0) is 6.54 Å². The molecule has 2 aromatic rings. The predicted octanol–water partition coefficient (Wildman–Crippen LogP) is 1.30. The Kier molecular flexibility index (Phi) is 3.52. The van der Waals surface area contributed by atoms with Gasteiger partial charge in [-0.25, -0.2) is 0 Å². The molecule has 0 aliphatic rings. The van der Waals surface area contributed by atoms with Gasteiger partial charge in [0.25, 0.3) is 5.91 Å². The highest BCUT2D eigenvalue weighted by Crippen LogP contribution is 2.09. The number of hydrogen-bond donors (Lipinski definition) is 2. The van der Waals surface area contributed by atoms with Gasteiger partial charge in [-0.2, -0.15) is 0 Å². The summed E-state index contributed by atoms with van der Waals surface area (Å²) in [5, 5.41) is 2.81. The van der Waals surface area contributed by atoms with Crippen molar-refractivity contribution in [1.29, 1.82) is 0 Å². The first kappa shape index (κ1) is 12.0. The lowest BCUT2D eigenvalue weighted by atomic mass is 10.1. The van der Waals surface area contributed by atoms with Crippen LogP contribution in [0.3, 0.4) is 0 Å². The first-order valence-electron chi connectivity index (χ1n) is 5.55. The minimum absolute atomic E-state index is 0.225. The zero-order valence-electron chi connectivity index (χ0n) is 10.1. The van der Waals surface area contributed by atoms with Gasteiger partial charge in [-0.1, -0.05) is 0 Å². The van der Waals surface area contributed by atoms with Crippen molar-refractivity contribution in [2.24, 2.45) is 0 Å². The Balaban J connectivity index is 2.06. The Morgan fingerprint density at radius 1 is 1.28 bits per heavy atom. The number of nitrogens with zero attached hydrogens (tertiary/aromatic N) is 2. The Hall–Kier alpha value is -2.43. The number of amides is 1. The van der Waals surface area contributed by atoms with Crippen molar-refractivity contribution in [2.75, 3.05) is 5.73 Å². The summed E-state index contributed by atoms with van der Waals surface area (Å²) < 4.78 is 0. The molecule has 0 fully saturated rings. The van der Waals surface area contributed by atoms with E-state index < -0.39 is 0 Å². The molecule has 0 bridgehead atoms. The summed E-state index contributed by atoms with van der Waals surface area (Å²) in [4.78, 5) is 19.8. The molecule has 0 aliphatic carbocycles. The molecule has 0 unspecified atom stereocenters. The first-order valence-corrected chi connectivity index (χ1v) is 5.55. The molecule has 0 aliphatic heterocycles. The fourth-order valence-corrected chi connectivity index (χ4v) is 1.57. The van der Waals surface area contributed by atoms with Crippen LogP contribution in [-0.4, -0.2) is 15.9 Å². The maximum atomic E-state index is 11.9. The van der Waals surface area contributed by atoms with Gasteiger partial charge < -0.3 is 11.1 Å². The van der Waals surface area contributed by atoms with Gasteiger partial charge in [-0.05, 0) is 30.2 Å². The Morgan fingerprint density at radius 3 is 2.72 bits per heavy atom. The number of anilines is 1. The van der Waals surface area contributed by atoms with Gasteiger partial charge in [0.05, 0.1) is 5.56 Å². The Morgan fingerprint density at radius 2 is 2.00 bits per heavy atom. The summed E-state index contributed by atoms with van der Waals surface area (Å²) in [5.41, 5.74) is 8.59. The molecular weight excluding hydrogens is 228 g/mol. The van der Waals surface area contributed by atoms with E-state index in [9.17, 15) is 4.79 Å². The third kappa shape index (κ3) is 2.63. The van der Waals surface area contributed by atoms with Crippen LogP contribution in [0.25, 0.3) is 0 Å². The molecule has 3 N–H and O–H groups in total. The normalized spacial score (nSPS) is 10.1. The fraction of sp³-hybridized carbons (Fsp3) is 0.154. The highest BCUT2D eigenvalue weighted by Gasteiger charge is 2.09. The third-order valence-electron chi connectivity index (χ3n) is 2.68. The lowest BCUT2D eigenvalue weighted by molar-refractivity contribution is 0.0951. The maximum absolute atomic E-state index is 11.9. The summed E-state index contributed by atoms with van der Waals surface area (Å²) in [5.74, 6) is -0.225. The van der Waals surface area contributed by atoms with Gasteiger partial charge in [-0.3, -0.25) is 14.8 Å². The van der Waals surface area contributed by atoms with Crippen LogP contribution in [0.4, 0.5) is 5.69 Å². The van der Waals surface area contributed by atoms with Gasteiger partial charge in [0.2, 0.25) is 0 Å². The highest BCUT2D eigenvalue weighted by atomic mass is 16.1. The predicted molar refractivity (Wildman–Crippen MR) is 68.8 cm³/mol. The van der Waals surface area contributed by atoms with E-state index in [0.29, 0.717) is 17.8 Å². The van der Waals surface area contributed by atoms with E-state index in [4.69, 9.17) is 5.73 Å². The number of aryl methyl sites for hydroxylation is 1. The largest absolute Gasteiger partial charge is 0.398 e. The minimum atomic E-state index is -0.225. The molecule has 2 heterocycles. The second-order valence-electron chi connectivity index (χ2n) is 3.95. The van der Waals surface area contributed by atoms with Gasteiger partial charge in [0.1, 0.15) is 0 Å². The molecular formula is C13H14N4O. The molecule has 1 amide bonds. The molecule has 0 spiro atoms. The summed E-state index contributed by atoms with van der Waals surface area (Å²) in [6.07, 6.45) is 6.48. The molecule has 18 heavy (non-hydrogen) atoms. The van der Waals surface area contributed by atoms with Crippen LogP contribution in [0.1, 0.15) is 21.5 Å². The average Bonchev–Trinajstić information content (AvgIpc) is 2.38. The van der Waals surface area contributed by atoms with Crippen molar-refractivity contribution in [1.82, 2.24) is 15.3 Å². The summed E-state index contributed by atoms with van der Waals surface area (Å²) >= 11 is 0. The summed E-state index contributed by atoms with van der Waals surface area (Å²) in [6, 6.07) is 3.48. The van der Waals surface area contributed by atoms with E-state index in [1.165, 1.54) is 6.20 Å². The number of pyridine rings is 2. The standard InChI is InChI=1S/C13H14N4O/c1-9-6-15-4-2-10(9)7-17-13(18)11-8-16-5-3-12(11)14/h2-6,8H,7H2,1H3,(H2,14,16)(H,17,18). The molecule has 5 heteroatoms. The van der Waals surface area contributed by atoms with Crippen molar-refractivity contribution in [3.8, 4) is 0 Å². The van der Waals surface area contributed by atoms with E-state index >= 15 is 0 Å². The van der Waals surface area contributed by atoms with Crippen molar-refractivity contribution >= 4 is 11.6 Å². The number of nitrogens with one attached hydrogen (secondary N) is 1. The lowest BCUT2D eigenvalue weighted by Gasteiger charge is -2.08. The molecule has 0 aromatic carbocycles. The SMILES string of the molecule is Cc1cnccc1CNC(=O)c1cnccc1N. The fourth-order valence-electron chi connectivity index (χ4n) is 1.57. The minimum Gasteiger partial charge on any atom is -0.398 e. The smallest absolute Gasteiger partial charge is 0.255 e. The van der Waals surface area contributed by atoms with Crippen molar-refractivity contribution < 1.29 is 4.79 Å². The molecule has 0 atom stereocenters. The van der Waals surface area contributed by atoms with Crippen LogP contribution in [0.2, 0.25) is 0 Å². The zero-order chi connectivity index (χ0) is 13.0. The molecule has 92 valence electrons. The van der Waals surface area contributed by atoms with Crippen LogP contribution in [0.15, 0.2) is 36.9 Å². The van der Waals surface area contributed by atoms with E-state index in [1.807, 2.05) is 13.0 Å². The first-order chi connectivity index (χ1) is 8.68. The average molecular weight is 242 g/mol. The van der Waals surface area contributed by atoms with Crippen LogP contribution < -0.4 is 11.1 Å². The topological polar surface area (TPSA) is 80.9 Å². The van der Waals surface area contributed by atoms with E-state index in [0.717, 1.165) is 11.1 Å². The number of rotatable bonds is 3. The monoisotopic (exact) mass is 242 g/mol. The summed E-state index contributed by atoms with van der Waals surface area (Å²) in [6.45, 7) is 2.40. The molecule has 0 radical (unpaired) electrons.